The summed E-state index contributed by atoms with van der Waals surface area (Å²) in [7, 11) is 0. The Kier molecular flexibility index (Phi) is 3.77. The highest BCUT2D eigenvalue weighted by atomic mass is 35.5. The third-order valence-corrected chi connectivity index (χ3v) is 2.10. The predicted molar refractivity (Wildman–Crippen MR) is 64.7 cm³/mol. The Labute approximate surface area is 104 Å². The first-order chi connectivity index (χ1) is 8.28. The van der Waals surface area contributed by atoms with Crippen LogP contribution in [0.4, 0.5) is 0 Å². The summed E-state index contributed by atoms with van der Waals surface area (Å²) in [5, 5.41) is 0.295. The van der Waals surface area contributed by atoms with Gasteiger partial charge in [0, 0.05) is 6.07 Å². The fourth-order valence-corrected chi connectivity index (χ4v) is 1.43. The molecule has 0 N–H and O–H groups in total. The fourth-order valence-electron chi connectivity index (χ4n) is 1.29. The first kappa shape index (κ1) is 11.7. The van der Waals surface area contributed by atoms with Gasteiger partial charge in [-0.05, 0) is 19.1 Å². The Morgan fingerprint density at radius 2 is 2.06 bits per heavy atom. The molecule has 17 heavy (non-hydrogen) atoms. The molecule has 0 atom stereocenters. The highest BCUT2D eigenvalue weighted by Crippen LogP contribution is 2.24. The van der Waals surface area contributed by atoms with Crippen molar-refractivity contribution in [2.24, 2.45) is 0 Å². The molecule has 0 aliphatic carbocycles. The highest BCUT2D eigenvalue weighted by molar-refractivity contribution is 6.29. The summed E-state index contributed by atoms with van der Waals surface area (Å²) in [6.07, 6.45) is 2.95. The molecule has 0 aliphatic rings. The molecule has 0 bridgehead atoms. The quantitative estimate of drug-likeness (QED) is 0.835. The number of hydrogen-bond acceptors (Lipinski definition) is 4. The van der Waals surface area contributed by atoms with Crippen LogP contribution in [0.25, 0.3) is 0 Å². The van der Waals surface area contributed by atoms with Crippen molar-refractivity contribution in [3.63, 3.8) is 0 Å². The molecule has 0 aliphatic heterocycles. The molecule has 0 spiro atoms. The van der Waals surface area contributed by atoms with Crippen molar-refractivity contribution in [3.8, 4) is 17.4 Å². The minimum atomic E-state index is 0.295. The van der Waals surface area contributed by atoms with Crippen LogP contribution in [0.1, 0.15) is 6.92 Å². The molecule has 1 aromatic heterocycles. The Bertz CT molecular complexity index is 505. The van der Waals surface area contributed by atoms with Gasteiger partial charge >= 0.3 is 0 Å². The predicted octanol–water partition coefficient (Wildman–Crippen LogP) is 3.32. The van der Waals surface area contributed by atoms with Crippen LogP contribution in [0.5, 0.6) is 17.4 Å². The summed E-state index contributed by atoms with van der Waals surface area (Å²) in [6.45, 7) is 2.54. The van der Waals surface area contributed by atoms with E-state index in [0.717, 1.165) is 5.75 Å². The summed E-state index contributed by atoms with van der Waals surface area (Å²) in [5.74, 6) is 1.73. The summed E-state index contributed by atoms with van der Waals surface area (Å²) < 4.78 is 10.9. The number of ether oxygens (including phenoxy) is 2. The average Bonchev–Trinajstić information content (AvgIpc) is 2.30. The lowest BCUT2D eigenvalue weighted by atomic mass is 10.3. The number of rotatable bonds is 4. The van der Waals surface area contributed by atoms with Crippen molar-refractivity contribution in [1.82, 2.24) is 9.97 Å². The third kappa shape index (κ3) is 3.32. The van der Waals surface area contributed by atoms with Crippen molar-refractivity contribution in [2.75, 3.05) is 6.61 Å². The SMILES string of the molecule is CCOc1cccc(Oc2cncc(Cl)n2)c1. The molecule has 1 aromatic carbocycles. The number of hydrogen-bond donors (Lipinski definition) is 0. The van der Waals surface area contributed by atoms with Gasteiger partial charge in [-0.3, -0.25) is 4.98 Å². The maximum absolute atomic E-state index is 5.71. The molecule has 0 fully saturated rings. The lowest BCUT2D eigenvalue weighted by Crippen LogP contribution is -1.93. The Hall–Kier alpha value is -1.81. The van der Waals surface area contributed by atoms with Crippen molar-refractivity contribution >= 4 is 11.6 Å². The first-order valence-corrected chi connectivity index (χ1v) is 5.54. The van der Waals surface area contributed by atoms with Crippen LogP contribution in [0, 0.1) is 0 Å². The summed E-state index contributed by atoms with van der Waals surface area (Å²) in [4.78, 5) is 7.87. The van der Waals surface area contributed by atoms with Gasteiger partial charge < -0.3 is 9.47 Å². The molecule has 0 saturated heterocycles. The molecule has 4 nitrogen and oxygen atoms in total. The second-order valence-electron chi connectivity index (χ2n) is 3.19. The molecular formula is C12H11ClN2O2. The molecule has 0 radical (unpaired) electrons. The van der Waals surface area contributed by atoms with Crippen LogP contribution >= 0.6 is 11.6 Å². The number of halogens is 1. The van der Waals surface area contributed by atoms with Crippen LogP contribution in [0.15, 0.2) is 36.7 Å². The van der Waals surface area contributed by atoms with E-state index in [1.807, 2.05) is 25.1 Å². The fraction of sp³-hybridized carbons (Fsp3) is 0.167. The van der Waals surface area contributed by atoms with Gasteiger partial charge in [0.1, 0.15) is 11.5 Å². The molecule has 0 saturated carbocycles. The normalized spacial score (nSPS) is 10.0. The minimum absolute atomic E-state index is 0.295. The van der Waals surface area contributed by atoms with Crippen molar-refractivity contribution in [1.29, 1.82) is 0 Å². The number of benzene rings is 1. The van der Waals surface area contributed by atoms with E-state index in [4.69, 9.17) is 21.1 Å². The second-order valence-corrected chi connectivity index (χ2v) is 3.58. The van der Waals surface area contributed by atoms with E-state index in [1.165, 1.54) is 12.4 Å². The lowest BCUT2D eigenvalue weighted by molar-refractivity contribution is 0.338. The Morgan fingerprint density at radius 1 is 1.24 bits per heavy atom. The molecular weight excluding hydrogens is 240 g/mol. The molecule has 0 unspecified atom stereocenters. The van der Waals surface area contributed by atoms with E-state index >= 15 is 0 Å². The largest absolute Gasteiger partial charge is 0.494 e. The van der Waals surface area contributed by atoms with E-state index in [-0.39, 0.29) is 0 Å². The highest BCUT2D eigenvalue weighted by Gasteiger charge is 2.01. The van der Waals surface area contributed by atoms with Gasteiger partial charge in [0.15, 0.2) is 5.15 Å². The van der Waals surface area contributed by atoms with Crippen molar-refractivity contribution in [2.45, 2.75) is 6.92 Å². The monoisotopic (exact) mass is 250 g/mol. The number of aromatic nitrogens is 2. The van der Waals surface area contributed by atoms with Crippen LogP contribution in [0.2, 0.25) is 5.15 Å². The molecule has 88 valence electrons. The van der Waals surface area contributed by atoms with Crippen LogP contribution < -0.4 is 9.47 Å². The average molecular weight is 251 g/mol. The Morgan fingerprint density at radius 3 is 2.82 bits per heavy atom. The van der Waals surface area contributed by atoms with Crippen LogP contribution in [-0.4, -0.2) is 16.6 Å². The van der Waals surface area contributed by atoms with Gasteiger partial charge in [-0.1, -0.05) is 17.7 Å². The third-order valence-electron chi connectivity index (χ3n) is 1.92. The van der Waals surface area contributed by atoms with E-state index in [1.54, 1.807) is 6.07 Å². The Balaban J connectivity index is 2.15. The van der Waals surface area contributed by atoms with Gasteiger partial charge in [-0.2, -0.15) is 4.98 Å². The van der Waals surface area contributed by atoms with Crippen molar-refractivity contribution in [3.05, 3.63) is 41.8 Å². The van der Waals surface area contributed by atoms with E-state index in [9.17, 15) is 0 Å². The zero-order valence-electron chi connectivity index (χ0n) is 9.26. The van der Waals surface area contributed by atoms with E-state index < -0.39 is 0 Å². The summed E-state index contributed by atoms with van der Waals surface area (Å²) in [5.41, 5.74) is 0. The van der Waals surface area contributed by atoms with Crippen LogP contribution in [-0.2, 0) is 0 Å². The van der Waals surface area contributed by atoms with Gasteiger partial charge in [-0.25, -0.2) is 0 Å². The second kappa shape index (κ2) is 5.50. The van der Waals surface area contributed by atoms with Gasteiger partial charge in [0.25, 0.3) is 0 Å². The van der Waals surface area contributed by atoms with Crippen molar-refractivity contribution < 1.29 is 9.47 Å². The zero-order chi connectivity index (χ0) is 12.1. The summed E-state index contributed by atoms with van der Waals surface area (Å²) >= 11 is 5.71. The van der Waals surface area contributed by atoms with Gasteiger partial charge in [0.2, 0.25) is 5.88 Å². The first-order valence-electron chi connectivity index (χ1n) is 5.16. The smallest absolute Gasteiger partial charge is 0.239 e. The standard InChI is InChI=1S/C12H11ClN2O2/c1-2-16-9-4-3-5-10(6-9)17-12-8-14-7-11(13)15-12/h3-8H,2H2,1H3. The van der Waals surface area contributed by atoms with Crippen LogP contribution in [0.3, 0.4) is 0 Å². The van der Waals surface area contributed by atoms with Gasteiger partial charge in [-0.15, -0.1) is 0 Å². The minimum Gasteiger partial charge on any atom is -0.494 e. The van der Waals surface area contributed by atoms with Gasteiger partial charge in [0.05, 0.1) is 19.0 Å². The molecule has 0 amide bonds. The maximum atomic E-state index is 5.71. The maximum Gasteiger partial charge on any atom is 0.239 e. The molecule has 2 aromatic rings. The van der Waals surface area contributed by atoms with E-state index in [2.05, 4.69) is 9.97 Å². The molecule has 5 heteroatoms. The zero-order valence-corrected chi connectivity index (χ0v) is 10.0. The molecule has 1 heterocycles. The lowest BCUT2D eigenvalue weighted by Gasteiger charge is -2.07. The van der Waals surface area contributed by atoms with E-state index in [0.29, 0.717) is 23.4 Å². The number of nitrogens with zero attached hydrogens (tertiary/aromatic N) is 2. The topological polar surface area (TPSA) is 44.2 Å². The molecule has 2 rings (SSSR count). The summed E-state index contributed by atoms with van der Waals surface area (Å²) in [6, 6.07) is 7.30.